The average Bonchev–Trinajstić information content (AvgIpc) is 2.56. The number of carbonyl (C=O) groups excluding carboxylic acids is 1. The van der Waals surface area contributed by atoms with E-state index in [0.29, 0.717) is 10.0 Å². The molecule has 0 fully saturated rings. The van der Waals surface area contributed by atoms with Crippen LogP contribution in [0.25, 0.3) is 0 Å². The number of hydrogen-bond donors (Lipinski definition) is 2. The third kappa shape index (κ3) is 4.86. The van der Waals surface area contributed by atoms with Gasteiger partial charge in [0.25, 0.3) is 0 Å². The number of halogens is 2. The lowest BCUT2D eigenvalue weighted by Crippen LogP contribution is -2.40. The highest BCUT2D eigenvalue weighted by Crippen LogP contribution is 2.23. The molecule has 2 aromatic carbocycles. The van der Waals surface area contributed by atoms with Crippen LogP contribution in [-0.2, 0) is 9.53 Å². The topological polar surface area (TPSA) is 50.4 Å². The van der Waals surface area contributed by atoms with Gasteiger partial charge in [0.1, 0.15) is 0 Å². The van der Waals surface area contributed by atoms with Gasteiger partial charge in [-0.1, -0.05) is 35.3 Å². The summed E-state index contributed by atoms with van der Waals surface area (Å²) in [6, 6.07) is 14.2. The fourth-order valence-electron chi connectivity index (χ4n) is 2.24. The van der Waals surface area contributed by atoms with E-state index in [9.17, 15) is 4.79 Å². The summed E-state index contributed by atoms with van der Waals surface area (Å²) in [6.07, 6.45) is 0. The Morgan fingerprint density at radius 2 is 1.52 bits per heavy atom. The van der Waals surface area contributed by atoms with Gasteiger partial charge >= 0.3 is 5.97 Å². The maximum Gasteiger partial charge on any atom is 0.314 e. The highest BCUT2D eigenvalue weighted by atomic mass is 35.5. The van der Waals surface area contributed by atoms with Crippen molar-refractivity contribution >= 4 is 34.9 Å². The SMILES string of the molecule is COC(=O)C(c1ccc(Cl)cc1)C(C)NNc1ccc(Cl)cc1. The van der Waals surface area contributed by atoms with Crippen LogP contribution in [0.2, 0.25) is 10.0 Å². The highest BCUT2D eigenvalue weighted by Gasteiger charge is 2.27. The van der Waals surface area contributed by atoms with Crippen LogP contribution in [0.3, 0.4) is 0 Å². The van der Waals surface area contributed by atoms with Crippen molar-refractivity contribution in [2.45, 2.75) is 18.9 Å². The number of benzene rings is 2. The van der Waals surface area contributed by atoms with E-state index in [2.05, 4.69) is 10.9 Å². The number of rotatable bonds is 6. The van der Waals surface area contributed by atoms with Crippen molar-refractivity contribution in [1.82, 2.24) is 5.43 Å². The maximum atomic E-state index is 12.2. The summed E-state index contributed by atoms with van der Waals surface area (Å²) < 4.78 is 4.93. The van der Waals surface area contributed by atoms with Crippen molar-refractivity contribution in [2.75, 3.05) is 12.5 Å². The molecule has 2 rings (SSSR count). The first-order valence-corrected chi connectivity index (χ1v) is 7.87. The van der Waals surface area contributed by atoms with E-state index in [1.165, 1.54) is 7.11 Å². The van der Waals surface area contributed by atoms with E-state index in [1.54, 1.807) is 24.3 Å². The Morgan fingerprint density at radius 1 is 1.00 bits per heavy atom. The molecule has 0 aliphatic carbocycles. The molecule has 2 aromatic rings. The molecule has 0 aliphatic rings. The third-order valence-corrected chi connectivity index (χ3v) is 3.98. The monoisotopic (exact) mass is 352 g/mol. The quantitative estimate of drug-likeness (QED) is 0.602. The first-order valence-electron chi connectivity index (χ1n) is 7.11. The van der Waals surface area contributed by atoms with Crippen LogP contribution in [0, 0.1) is 0 Å². The van der Waals surface area contributed by atoms with Crippen molar-refractivity contribution < 1.29 is 9.53 Å². The van der Waals surface area contributed by atoms with Crippen molar-refractivity contribution in [3.05, 3.63) is 64.1 Å². The summed E-state index contributed by atoms with van der Waals surface area (Å²) >= 11 is 11.8. The van der Waals surface area contributed by atoms with Crippen LogP contribution in [-0.4, -0.2) is 19.1 Å². The number of nitrogens with one attached hydrogen (secondary N) is 2. The van der Waals surface area contributed by atoms with Gasteiger partial charge in [-0.05, 0) is 48.9 Å². The van der Waals surface area contributed by atoms with Crippen LogP contribution in [0.15, 0.2) is 48.5 Å². The van der Waals surface area contributed by atoms with E-state index < -0.39 is 5.92 Å². The molecule has 0 aromatic heterocycles. The molecule has 0 heterocycles. The second kappa shape index (κ2) is 8.20. The molecular weight excluding hydrogens is 335 g/mol. The number of methoxy groups -OCH3 is 1. The zero-order valence-corrected chi connectivity index (χ0v) is 14.4. The first-order chi connectivity index (χ1) is 11.0. The van der Waals surface area contributed by atoms with Gasteiger partial charge in [-0.2, -0.15) is 0 Å². The molecule has 2 unspecified atom stereocenters. The van der Waals surface area contributed by atoms with E-state index >= 15 is 0 Å². The summed E-state index contributed by atoms with van der Waals surface area (Å²) in [4.78, 5) is 12.2. The minimum absolute atomic E-state index is 0.209. The molecule has 0 saturated heterocycles. The van der Waals surface area contributed by atoms with Crippen molar-refractivity contribution in [3.8, 4) is 0 Å². The largest absolute Gasteiger partial charge is 0.469 e. The third-order valence-electron chi connectivity index (χ3n) is 3.47. The summed E-state index contributed by atoms with van der Waals surface area (Å²) in [5, 5.41) is 1.29. The van der Waals surface area contributed by atoms with E-state index in [-0.39, 0.29) is 12.0 Å². The number of anilines is 1. The van der Waals surface area contributed by atoms with Crippen molar-refractivity contribution in [1.29, 1.82) is 0 Å². The fourth-order valence-corrected chi connectivity index (χ4v) is 2.49. The predicted molar refractivity (Wildman–Crippen MR) is 93.9 cm³/mol. The van der Waals surface area contributed by atoms with Crippen molar-refractivity contribution in [2.24, 2.45) is 0 Å². The number of hydrazine groups is 1. The Hall–Kier alpha value is -1.75. The minimum Gasteiger partial charge on any atom is -0.469 e. The lowest BCUT2D eigenvalue weighted by atomic mass is 9.93. The molecule has 0 aliphatic heterocycles. The van der Waals surface area contributed by atoms with E-state index in [4.69, 9.17) is 27.9 Å². The van der Waals surface area contributed by atoms with E-state index in [1.807, 2.05) is 31.2 Å². The van der Waals surface area contributed by atoms with Crippen LogP contribution < -0.4 is 10.9 Å². The number of hydrogen-bond acceptors (Lipinski definition) is 4. The van der Waals surface area contributed by atoms with Crippen LogP contribution in [0.1, 0.15) is 18.4 Å². The van der Waals surface area contributed by atoms with E-state index in [0.717, 1.165) is 11.3 Å². The predicted octanol–water partition coefficient (Wildman–Crippen LogP) is 4.26. The Bertz CT molecular complexity index is 645. The molecule has 0 saturated carbocycles. The summed E-state index contributed by atoms with van der Waals surface area (Å²) in [5.41, 5.74) is 7.87. The van der Waals surface area contributed by atoms with Crippen molar-refractivity contribution in [3.63, 3.8) is 0 Å². The first kappa shape index (κ1) is 17.6. The lowest BCUT2D eigenvalue weighted by molar-refractivity contribution is -0.143. The molecule has 23 heavy (non-hydrogen) atoms. The average molecular weight is 353 g/mol. The lowest BCUT2D eigenvalue weighted by Gasteiger charge is -2.24. The zero-order chi connectivity index (χ0) is 16.8. The second-order valence-electron chi connectivity index (χ2n) is 5.12. The van der Waals surface area contributed by atoms with Gasteiger partial charge in [0.05, 0.1) is 13.0 Å². The maximum absolute atomic E-state index is 12.2. The second-order valence-corrected chi connectivity index (χ2v) is 5.99. The summed E-state index contributed by atoms with van der Waals surface area (Å²) in [6.45, 7) is 1.90. The number of carbonyl (C=O) groups is 1. The molecule has 0 radical (unpaired) electrons. The Balaban J connectivity index is 2.10. The van der Waals surface area contributed by atoms with Gasteiger partial charge in [0.15, 0.2) is 0 Å². The normalized spacial score (nSPS) is 13.2. The molecule has 122 valence electrons. The molecule has 0 amide bonds. The Labute approximate surface area is 145 Å². The summed E-state index contributed by atoms with van der Waals surface area (Å²) in [7, 11) is 1.38. The number of esters is 1. The van der Waals surface area contributed by atoms with Crippen LogP contribution in [0.5, 0.6) is 0 Å². The molecule has 4 nitrogen and oxygen atoms in total. The van der Waals surface area contributed by atoms with Gasteiger partial charge in [-0.3, -0.25) is 4.79 Å². The Kier molecular flexibility index (Phi) is 6.28. The molecule has 2 N–H and O–H groups in total. The van der Waals surface area contributed by atoms with Gasteiger partial charge in [-0.25, -0.2) is 5.43 Å². The smallest absolute Gasteiger partial charge is 0.314 e. The van der Waals surface area contributed by atoms with Crippen LogP contribution >= 0.6 is 23.2 Å². The highest BCUT2D eigenvalue weighted by molar-refractivity contribution is 6.30. The zero-order valence-electron chi connectivity index (χ0n) is 12.8. The van der Waals surface area contributed by atoms with Crippen LogP contribution in [0.4, 0.5) is 5.69 Å². The number of ether oxygens (including phenoxy) is 1. The minimum atomic E-state index is -0.461. The van der Waals surface area contributed by atoms with Gasteiger partial charge < -0.3 is 10.2 Å². The molecular formula is C17H18Cl2N2O2. The Morgan fingerprint density at radius 3 is 2.04 bits per heavy atom. The van der Waals surface area contributed by atoms with Gasteiger partial charge in [0, 0.05) is 21.8 Å². The standard InChI is InChI=1S/C17H18Cl2N2O2/c1-11(20-21-15-9-7-14(19)8-10-15)16(17(22)23-2)12-3-5-13(18)6-4-12/h3-11,16,20-21H,1-2H3. The molecule has 6 heteroatoms. The fraction of sp³-hybridized carbons (Fsp3) is 0.235. The molecule has 0 bridgehead atoms. The van der Waals surface area contributed by atoms with Gasteiger partial charge in [0.2, 0.25) is 0 Å². The summed E-state index contributed by atoms with van der Waals surface area (Å²) in [5.74, 6) is -0.776. The van der Waals surface area contributed by atoms with Gasteiger partial charge in [-0.15, -0.1) is 0 Å². The molecule has 2 atom stereocenters. The molecule has 0 spiro atoms.